The molecule has 30 heavy (non-hydrogen) atoms. The van der Waals surface area contributed by atoms with E-state index >= 15 is 0 Å². The summed E-state index contributed by atoms with van der Waals surface area (Å²) in [5.41, 5.74) is 3.68. The summed E-state index contributed by atoms with van der Waals surface area (Å²) in [5.74, 6) is -0.209. The molecule has 3 rings (SSSR count). The highest BCUT2D eigenvalue weighted by molar-refractivity contribution is 6.06. The molecule has 0 bridgehead atoms. The summed E-state index contributed by atoms with van der Waals surface area (Å²) in [6.45, 7) is 4.60. The minimum atomic E-state index is -0.336. The van der Waals surface area contributed by atoms with E-state index in [0.29, 0.717) is 18.2 Å². The summed E-state index contributed by atoms with van der Waals surface area (Å²) in [6, 6.07) is 8.04. The average molecular weight is 406 g/mol. The molecule has 0 aliphatic heterocycles. The van der Waals surface area contributed by atoms with Gasteiger partial charge in [0.05, 0.1) is 18.1 Å². The first-order valence-electron chi connectivity index (χ1n) is 9.70. The Morgan fingerprint density at radius 3 is 2.47 bits per heavy atom. The third-order valence-corrected chi connectivity index (χ3v) is 4.65. The van der Waals surface area contributed by atoms with E-state index in [1.54, 1.807) is 24.0 Å². The SMILES string of the molecule is CC(C)c1ccc(/C=C/C(=O)Nc2cnn(C)c2C(=O)NCc2cnn(C)c2)cc1. The number of carbonyl (C=O) groups is 2. The lowest BCUT2D eigenvalue weighted by atomic mass is 10.0. The zero-order valence-electron chi connectivity index (χ0n) is 17.6. The van der Waals surface area contributed by atoms with E-state index in [4.69, 9.17) is 0 Å². The number of aromatic nitrogens is 4. The molecule has 156 valence electrons. The third kappa shape index (κ3) is 5.22. The molecule has 0 saturated heterocycles. The first-order chi connectivity index (χ1) is 14.3. The van der Waals surface area contributed by atoms with Crippen molar-refractivity contribution in [3.05, 3.63) is 71.3 Å². The number of anilines is 1. The first kappa shape index (κ1) is 21.0. The molecule has 0 spiro atoms. The van der Waals surface area contributed by atoms with Gasteiger partial charge in [0.25, 0.3) is 5.91 Å². The highest BCUT2D eigenvalue weighted by atomic mass is 16.2. The normalized spacial score (nSPS) is 11.2. The second-order valence-corrected chi connectivity index (χ2v) is 7.38. The Kier molecular flexibility index (Phi) is 6.46. The summed E-state index contributed by atoms with van der Waals surface area (Å²) in [5, 5.41) is 13.7. The molecule has 0 aliphatic carbocycles. The van der Waals surface area contributed by atoms with Gasteiger partial charge in [-0.25, -0.2) is 0 Å². The maximum absolute atomic E-state index is 12.6. The van der Waals surface area contributed by atoms with Crippen molar-refractivity contribution in [3.8, 4) is 0 Å². The fraction of sp³-hybridized carbons (Fsp3) is 0.273. The van der Waals surface area contributed by atoms with Crippen LogP contribution in [0, 0.1) is 0 Å². The van der Waals surface area contributed by atoms with Gasteiger partial charge >= 0.3 is 0 Å². The fourth-order valence-electron chi connectivity index (χ4n) is 2.97. The molecule has 2 heterocycles. The summed E-state index contributed by atoms with van der Waals surface area (Å²) < 4.78 is 3.10. The maximum Gasteiger partial charge on any atom is 0.271 e. The Morgan fingerprint density at radius 1 is 1.10 bits per heavy atom. The van der Waals surface area contributed by atoms with Crippen LogP contribution in [0.4, 0.5) is 5.69 Å². The van der Waals surface area contributed by atoms with Crippen molar-refractivity contribution >= 4 is 23.6 Å². The smallest absolute Gasteiger partial charge is 0.271 e. The zero-order valence-corrected chi connectivity index (χ0v) is 17.6. The number of rotatable bonds is 7. The van der Waals surface area contributed by atoms with Crippen LogP contribution in [0.15, 0.2) is 48.9 Å². The Bertz CT molecular complexity index is 1060. The van der Waals surface area contributed by atoms with Gasteiger partial charge in [-0.1, -0.05) is 38.1 Å². The van der Waals surface area contributed by atoms with Crippen molar-refractivity contribution in [2.24, 2.45) is 14.1 Å². The van der Waals surface area contributed by atoms with Gasteiger partial charge in [0.2, 0.25) is 5.91 Å². The molecule has 0 radical (unpaired) electrons. The van der Waals surface area contributed by atoms with Crippen LogP contribution in [0.5, 0.6) is 0 Å². The summed E-state index contributed by atoms with van der Waals surface area (Å²) in [4.78, 5) is 25.0. The molecular formula is C22H26N6O2. The second-order valence-electron chi connectivity index (χ2n) is 7.38. The molecule has 0 atom stereocenters. The average Bonchev–Trinajstić information content (AvgIpc) is 3.30. The van der Waals surface area contributed by atoms with Crippen molar-refractivity contribution in [2.45, 2.75) is 26.3 Å². The van der Waals surface area contributed by atoms with E-state index in [9.17, 15) is 9.59 Å². The summed E-state index contributed by atoms with van der Waals surface area (Å²) >= 11 is 0. The van der Waals surface area contributed by atoms with Crippen molar-refractivity contribution in [1.29, 1.82) is 0 Å². The molecule has 2 amide bonds. The lowest BCUT2D eigenvalue weighted by molar-refractivity contribution is -0.111. The van der Waals surface area contributed by atoms with E-state index < -0.39 is 0 Å². The van der Waals surface area contributed by atoms with Crippen LogP contribution in [0.2, 0.25) is 0 Å². The van der Waals surface area contributed by atoms with Gasteiger partial charge in [-0.15, -0.1) is 0 Å². The van der Waals surface area contributed by atoms with E-state index in [1.165, 1.54) is 22.5 Å². The van der Waals surface area contributed by atoms with E-state index in [2.05, 4.69) is 34.7 Å². The van der Waals surface area contributed by atoms with Crippen molar-refractivity contribution in [3.63, 3.8) is 0 Å². The lowest BCUT2D eigenvalue weighted by Gasteiger charge is -2.07. The third-order valence-electron chi connectivity index (χ3n) is 4.65. The first-order valence-corrected chi connectivity index (χ1v) is 9.70. The van der Waals surface area contributed by atoms with Crippen LogP contribution in [-0.4, -0.2) is 31.4 Å². The minimum Gasteiger partial charge on any atom is -0.346 e. The second kappa shape index (κ2) is 9.21. The molecule has 2 N–H and O–H groups in total. The molecule has 0 fully saturated rings. The molecule has 3 aromatic rings. The number of hydrogen-bond acceptors (Lipinski definition) is 4. The monoisotopic (exact) mass is 406 g/mol. The summed E-state index contributed by atoms with van der Waals surface area (Å²) in [7, 11) is 3.47. The molecule has 0 unspecified atom stereocenters. The molecule has 8 heteroatoms. The Balaban J connectivity index is 1.63. The van der Waals surface area contributed by atoms with Gasteiger partial charge in [0, 0.05) is 38.5 Å². The topological polar surface area (TPSA) is 93.8 Å². The van der Waals surface area contributed by atoms with Crippen LogP contribution in [0.1, 0.15) is 46.9 Å². The van der Waals surface area contributed by atoms with Crippen LogP contribution < -0.4 is 10.6 Å². The van der Waals surface area contributed by atoms with Gasteiger partial charge < -0.3 is 10.6 Å². The zero-order chi connectivity index (χ0) is 21.7. The number of nitrogens with zero attached hydrogens (tertiary/aromatic N) is 4. The van der Waals surface area contributed by atoms with Gasteiger partial charge in [-0.05, 0) is 23.1 Å². The predicted octanol–water partition coefficient (Wildman–Crippen LogP) is 2.86. The number of aryl methyl sites for hydroxylation is 2. The molecule has 8 nitrogen and oxygen atoms in total. The van der Waals surface area contributed by atoms with Gasteiger partial charge in [-0.2, -0.15) is 10.2 Å². The van der Waals surface area contributed by atoms with Crippen LogP contribution in [0.25, 0.3) is 6.08 Å². The lowest BCUT2D eigenvalue weighted by Crippen LogP contribution is -2.26. The Labute approximate surface area is 175 Å². The molecule has 1 aromatic carbocycles. The Hall–Kier alpha value is -3.68. The number of nitrogens with one attached hydrogen (secondary N) is 2. The number of amides is 2. The van der Waals surface area contributed by atoms with E-state index in [-0.39, 0.29) is 17.5 Å². The van der Waals surface area contributed by atoms with Crippen molar-refractivity contribution in [2.75, 3.05) is 5.32 Å². The van der Waals surface area contributed by atoms with Crippen molar-refractivity contribution in [1.82, 2.24) is 24.9 Å². The van der Waals surface area contributed by atoms with Crippen molar-refractivity contribution < 1.29 is 9.59 Å². The summed E-state index contributed by atoms with van der Waals surface area (Å²) in [6.07, 6.45) is 8.14. The number of benzene rings is 1. The highest BCUT2D eigenvalue weighted by Crippen LogP contribution is 2.16. The van der Waals surface area contributed by atoms with Gasteiger partial charge in [0.15, 0.2) is 0 Å². The molecule has 2 aromatic heterocycles. The van der Waals surface area contributed by atoms with Gasteiger partial charge in [0.1, 0.15) is 5.69 Å². The minimum absolute atomic E-state index is 0.280. The van der Waals surface area contributed by atoms with Crippen LogP contribution in [-0.2, 0) is 25.4 Å². The highest BCUT2D eigenvalue weighted by Gasteiger charge is 2.18. The van der Waals surface area contributed by atoms with E-state index in [1.807, 2.05) is 37.5 Å². The molecule has 0 saturated carbocycles. The number of carbonyl (C=O) groups excluding carboxylic acids is 2. The van der Waals surface area contributed by atoms with Gasteiger partial charge in [-0.3, -0.25) is 19.0 Å². The molecular weight excluding hydrogens is 380 g/mol. The van der Waals surface area contributed by atoms with Crippen LogP contribution >= 0.6 is 0 Å². The number of hydrogen-bond donors (Lipinski definition) is 2. The quantitative estimate of drug-likeness (QED) is 0.590. The largest absolute Gasteiger partial charge is 0.346 e. The predicted molar refractivity (Wildman–Crippen MR) is 116 cm³/mol. The maximum atomic E-state index is 12.6. The van der Waals surface area contributed by atoms with Crippen LogP contribution in [0.3, 0.4) is 0 Å². The standard InChI is InChI=1S/C22H26N6O2/c1-15(2)18-8-5-16(6-9-18)7-10-20(29)26-19-13-25-28(4)21(19)22(30)23-11-17-12-24-27(3)14-17/h5-10,12-15H,11H2,1-4H3,(H,23,30)(H,26,29)/b10-7+. The van der Waals surface area contributed by atoms with E-state index in [0.717, 1.165) is 11.1 Å². The fourth-order valence-corrected chi connectivity index (χ4v) is 2.97. The Morgan fingerprint density at radius 2 is 1.83 bits per heavy atom. The molecule has 0 aliphatic rings.